The number of carbonyl (C=O) groups is 1. The van der Waals surface area contributed by atoms with Gasteiger partial charge in [-0.2, -0.15) is 0 Å². The van der Waals surface area contributed by atoms with Crippen LogP contribution in [0.4, 0.5) is 0 Å². The van der Waals surface area contributed by atoms with E-state index in [0.717, 1.165) is 12.2 Å². The molecule has 0 rings (SSSR count). The molecule has 0 spiro atoms. The molecule has 1 N–H and O–H groups in total. The van der Waals surface area contributed by atoms with Crippen LogP contribution in [0.2, 0.25) is 0 Å². The van der Waals surface area contributed by atoms with Crippen molar-refractivity contribution in [1.29, 1.82) is 0 Å². The van der Waals surface area contributed by atoms with E-state index in [2.05, 4.69) is 13.8 Å². The molecule has 0 amide bonds. The molecule has 17 heavy (non-hydrogen) atoms. The molecular weight excluding hydrogens is 256 g/mol. The standard InChI is InChI=1S/C12H24O3S2/c1-11(2,3)10(14)15-8-9-16-17-12(4,5)6-7-13/h13H,6-9H2,1-5H3. The van der Waals surface area contributed by atoms with Crippen LogP contribution in [0.25, 0.3) is 0 Å². The maximum Gasteiger partial charge on any atom is 0.311 e. The first kappa shape index (κ1) is 17.1. The van der Waals surface area contributed by atoms with Crippen molar-refractivity contribution in [3.05, 3.63) is 0 Å². The van der Waals surface area contributed by atoms with Crippen LogP contribution in [0, 0.1) is 5.41 Å². The van der Waals surface area contributed by atoms with Crippen molar-refractivity contribution in [2.45, 2.75) is 45.8 Å². The highest BCUT2D eigenvalue weighted by atomic mass is 33.1. The molecule has 0 aliphatic carbocycles. The summed E-state index contributed by atoms with van der Waals surface area (Å²) in [6, 6.07) is 0. The number of hydrogen-bond acceptors (Lipinski definition) is 5. The second-order valence-corrected chi connectivity index (χ2v) is 8.65. The molecule has 3 nitrogen and oxygen atoms in total. The Kier molecular flexibility index (Phi) is 7.60. The third-order valence-electron chi connectivity index (χ3n) is 2.01. The summed E-state index contributed by atoms with van der Waals surface area (Å²) in [5.74, 6) is 0.624. The molecule has 0 atom stereocenters. The molecule has 0 fully saturated rings. The third kappa shape index (κ3) is 8.80. The summed E-state index contributed by atoms with van der Waals surface area (Å²) in [4.78, 5) is 11.5. The molecule has 0 aromatic carbocycles. The van der Waals surface area contributed by atoms with E-state index in [1.54, 1.807) is 21.6 Å². The molecule has 0 saturated heterocycles. The summed E-state index contributed by atoms with van der Waals surface area (Å²) in [5, 5.41) is 8.87. The van der Waals surface area contributed by atoms with E-state index in [9.17, 15) is 4.79 Å². The lowest BCUT2D eigenvalue weighted by molar-refractivity contribution is -0.152. The SMILES string of the molecule is CC(C)(CCO)SSCCOC(=O)C(C)(C)C. The van der Waals surface area contributed by atoms with Gasteiger partial charge in [0.05, 0.1) is 5.41 Å². The summed E-state index contributed by atoms with van der Waals surface area (Å²) >= 11 is 0. The summed E-state index contributed by atoms with van der Waals surface area (Å²) in [7, 11) is 3.41. The van der Waals surface area contributed by atoms with Crippen LogP contribution in [-0.2, 0) is 9.53 Å². The highest BCUT2D eigenvalue weighted by Crippen LogP contribution is 2.37. The van der Waals surface area contributed by atoms with Crippen LogP contribution in [-0.4, -0.2) is 34.8 Å². The molecule has 0 heterocycles. The number of aliphatic hydroxyl groups is 1. The van der Waals surface area contributed by atoms with Crippen molar-refractivity contribution in [2.24, 2.45) is 5.41 Å². The van der Waals surface area contributed by atoms with Gasteiger partial charge >= 0.3 is 5.97 Å². The van der Waals surface area contributed by atoms with Crippen molar-refractivity contribution in [2.75, 3.05) is 19.0 Å². The van der Waals surface area contributed by atoms with E-state index in [4.69, 9.17) is 9.84 Å². The lowest BCUT2D eigenvalue weighted by atomic mass is 9.97. The Morgan fingerprint density at radius 3 is 2.29 bits per heavy atom. The molecular formula is C12H24O3S2. The molecule has 0 aliphatic rings. The summed E-state index contributed by atoms with van der Waals surface area (Å²) in [6.07, 6.45) is 0.770. The third-order valence-corrected chi connectivity index (χ3v) is 5.32. The van der Waals surface area contributed by atoms with Crippen LogP contribution in [0.3, 0.4) is 0 Å². The molecule has 102 valence electrons. The fourth-order valence-electron chi connectivity index (χ4n) is 0.897. The second kappa shape index (κ2) is 7.54. The lowest BCUT2D eigenvalue weighted by Gasteiger charge is -2.22. The van der Waals surface area contributed by atoms with Gasteiger partial charge in [0, 0.05) is 17.1 Å². The maximum absolute atomic E-state index is 11.5. The first-order valence-corrected chi connectivity index (χ1v) is 8.10. The Bertz CT molecular complexity index is 234. The first-order valence-electron chi connectivity index (χ1n) is 5.78. The zero-order valence-corrected chi connectivity index (χ0v) is 13.0. The Labute approximate surface area is 112 Å². The van der Waals surface area contributed by atoms with Gasteiger partial charge in [-0.3, -0.25) is 4.79 Å². The highest BCUT2D eigenvalue weighted by molar-refractivity contribution is 8.77. The largest absolute Gasteiger partial charge is 0.464 e. The van der Waals surface area contributed by atoms with Crippen LogP contribution < -0.4 is 0 Å². The number of carbonyl (C=O) groups excluding carboxylic acids is 1. The number of ether oxygens (including phenoxy) is 1. The van der Waals surface area contributed by atoms with Crippen molar-refractivity contribution < 1.29 is 14.6 Å². The van der Waals surface area contributed by atoms with E-state index < -0.39 is 5.41 Å². The second-order valence-electron chi connectivity index (χ2n) is 5.52. The van der Waals surface area contributed by atoms with E-state index in [1.807, 2.05) is 20.8 Å². The Balaban J connectivity index is 3.63. The fraction of sp³-hybridized carbons (Fsp3) is 0.917. The Morgan fingerprint density at radius 1 is 1.24 bits per heavy atom. The number of hydrogen-bond donors (Lipinski definition) is 1. The van der Waals surface area contributed by atoms with Gasteiger partial charge in [-0.05, 0) is 41.0 Å². The summed E-state index contributed by atoms with van der Waals surface area (Å²) in [5.41, 5.74) is -0.423. The number of aliphatic hydroxyl groups excluding tert-OH is 1. The van der Waals surface area contributed by atoms with Crippen molar-refractivity contribution in [1.82, 2.24) is 0 Å². The van der Waals surface area contributed by atoms with E-state index in [1.165, 1.54) is 0 Å². The minimum atomic E-state index is -0.423. The van der Waals surface area contributed by atoms with Crippen LogP contribution in [0.1, 0.15) is 41.0 Å². The zero-order chi connectivity index (χ0) is 13.5. The van der Waals surface area contributed by atoms with Gasteiger partial charge in [-0.15, -0.1) is 0 Å². The average molecular weight is 280 g/mol. The molecule has 0 aromatic rings. The average Bonchev–Trinajstić information content (AvgIpc) is 2.15. The van der Waals surface area contributed by atoms with Gasteiger partial charge in [-0.25, -0.2) is 0 Å². The van der Waals surface area contributed by atoms with E-state index in [0.29, 0.717) is 6.61 Å². The topological polar surface area (TPSA) is 46.5 Å². The minimum Gasteiger partial charge on any atom is -0.464 e. The van der Waals surface area contributed by atoms with Crippen molar-refractivity contribution in [3.63, 3.8) is 0 Å². The van der Waals surface area contributed by atoms with Gasteiger partial charge in [0.15, 0.2) is 0 Å². The number of rotatable bonds is 7. The van der Waals surface area contributed by atoms with Crippen LogP contribution >= 0.6 is 21.6 Å². The zero-order valence-electron chi connectivity index (χ0n) is 11.4. The molecule has 5 heteroatoms. The van der Waals surface area contributed by atoms with Gasteiger partial charge in [-0.1, -0.05) is 21.6 Å². The molecule has 0 aliphatic heterocycles. The summed E-state index contributed by atoms with van der Waals surface area (Å²) in [6.45, 7) is 10.4. The minimum absolute atomic E-state index is 0.0629. The van der Waals surface area contributed by atoms with Crippen molar-refractivity contribution >= 4 is 27.6 Å². The lowest BCUT2D eigenvalue weighted by Crippen LogP contribution is -2.23. The predicted molar refractivity (Wildman–Crippen MR) is 76.2 cm³/mol. The smallest absolute Gasteiger partial charge is 0.311 e. The molecule has 0 radical (unpaired) electrons. The molecule has 0 saturated carbocycles. The normalized spacial score (nSPS) is 12.6. The van der Waals surface area contributed by atoms with Crippen LogP contribution in [0.5, 0.6) is 0 Å². The van der Waals surface area contributed by atoms with Gasteiger partial charge in [0.25, 0.3) is 0 Å². The molecule has 0 bridgehead atoms. The highest BCUT2D eigenvalue weighted by Gasteiger charge is 2.23. The van der Waals surface area contributed by atoms with Gasteiger partial charge in [0.2, 0.25) is 0 Å². The summed E-state index contributed by atoms with van der Waals surface area (Å²) < 4.78 is 5.22. The van der Waals surface area contributed by atoms with Crippen LogP contribution in [0.15, 0.2) is 0 Å². The number of esters is 1. The van der Waals surface area contributed by atoms with Gasteiger partial charge in [0.1, 0.15) is 6.61 Å². The first-order chi connectivity index (χ1) is 7.69. The molecule has 0 unspecified atom stereocenters. The monoisotopic (exact) mass is 280 g/mol. The van der Waals surface area contributed by atoms with Crippen molar-refractivity contribution in [3.8, 4) is 0 Å². The Morgan fingerprint density at radius 2 is 1.82 bits per heavy atom. The predicted octanol–water partition coefficient (Wildman–Crippen LogP) is 3.12. The maximum atomic E-state index is 11.5. The quantitative estimate of drug-likeness (QED) is 0.441. The van der Waals surface area contributed by atoms with Gasteiger partial charge < -0.3 is 9.84 Å². The Hall–Kier alpha value is 0.130. The van der Waals surface area contributed by atoms with E-state index >= 15 is 0 Å². The van der Waals surface area contributed by atoms with E-state index in [-0.39, 0.29) is 17.3 Å². The fourth-order valence-corrected chi connectivity index (χ4v) is 3.29. The molecule has 0 aromatic heterocycles.